The Morgan fingerprint density at radius 1 is 1.44 bits per heavy atom. The lowest BCUT2D eigenvalue weighted by atomic mass is 10.1. The molecule has 0 spiro atoms. The molecule has 0 bridgehead atoms. The minimum Gasteiger partial charge on any atom is -0.504 e. The molecule has 3 heteroatoms. The fourth-order valence-electron chi connectivity index (χ4n) is 1.63. The lowest BCUT2D eigenvalue weighted by Gasteiger charge is -2.15. The van der Waals surface area contributed by atoms with Crippen LogP contribution in [-0.4, -0.2) is 31.2 Å². The number of aromatic hydroxyl groups is 1. The van der Waals surface area contributed by atoms with Crippen LogP contribution in [0.1, 0.15) is 11.1 Å². The summed E-state index contributed by atoms with van der Waals surface area (Å²) in [6.07, 6.45) is 2.61. The van der Waals surface area contributed by atoms with Gasteiger partial charge in [0.25, 0.3) is 0 Å². The van der Waals surface area contributed by atoms with Crippen LogP contribution < -0.4 is 4.74 Å². The highest BCUT2D eigenvalue weighted by Gasteiger charge is 2.10. The van der Waals surface area contributed by atoms with E-state index in [2.05, 4.69) is 6.58 Å². The van der Waals surface area contributed by atoms with Crippen molar-refractivity contribution in [3.05, 3.63) is 35.9 Å². The third-order valence-electron chi connectivity index (χ3n) is 2.30. The van der Waals surface area contributed by atoms with Crippen molar-refractivity contribution in [3.63, 3.8) is 0 Å². The molecule has 1 aromatic carbocycles. The maximum absolute atomic E-state index is 9.95. The molecule has 1 rings (SSSR count). The predicted octanol–water partition coefficient (Wildman–Crippen LogP) is 2.19. The first kappa shape index (κ1) is 12.6. The SMILES string of the molecule is C=CCc1cc(CN(C)C)c(O)c(OC)c1. The van der Waals surface area contributed by atoms with Crippen LogP contribution in [0.2, 0.25) is 0 Å². The van der Waals surface area contributed by atoms with Crippen LogP contribution in [0.15, 0.2) is 24.8 Å². The highest BCUT2D eigenvalue weighted by atomic mass is 16.5. The van der Waals surface area contributed by atoms with Crippen molar-refractivity contribution in [2.45, 2.75) is 13.0 Å². The van der Waals surface area contributed by atoms with Crippen LogP contribution in [0.4, 0.5) is 0 Å². The van der Waals surface area contributed by atoms with Crippen LogP contribution in [0.3, 0.4) is 0 Å². The number of ether oxygens (including phenoxy) is 1. The number of hydrogen-bond acceptors (Lipinski definition) is 3. The van der Waals surface area contributed by atoms with Crippen molar-refractivity contribution in [1.82, 2.24) is 4.90 Å². The summed E-state index contributed by atoms with van der Waals surface area (Å²) >= 11 is 0. The molecule has 0 aliphatic rings. The first-order valence-electron chi connectivity index (χ1n) is 5.22. The van der Waals surface area contributed by atoms with Crippen molar-refractivity contribution >= 4 is 0 Å². The summed E-state index contributed by atoms with van der Waals surface area (Å²) in [5.41, 5.74) is 1.97. The monoisotopic (exact) mass is 221 g/mol. The highest BCUT2D eigenvalue weighted by molar-refractivity contribution is 5.48. The van der Waals surface area contributed by atoms with E-state index in [1.165, 1.54) is 0 Å². The van der Waals surface area contributed by atoms with Gasteiger partial charge in [-0.3, -0.25) is 0 Å². The number of methoxy groups -OCH3 is 1. The number of nitrogens with zero attached hydrogens (tertiary/aromatic N) is 1. The summed E-state index contributed by atoms with van der Waals surface area (Å²) in [6.45, 7) is 4.40. The van der Waals surface area contributed by atoms with Crippen molar-refractivity contribution in [3.8, 4) is 11.5 Å². The molecule has 0 aromatic heterocycles. The summed E-state index contributed by atoms with van der Waals surface area (Å²) in [5, 5.41) is 9.95. The first-order chi connectivity index (χ1) is 7.58. The molecular formula is C13H19NO2. The molecule has 0 saturated heterocycles. The van der Waals surface area contributed by atoms with Crippen LogP contribution in [0, 0.1) is 0 Å². The summed E-state index contributed by atoms with van der Waals surface area (Å²) in [6, 6.07) is 3.83. The van der Waals surface area contributed by atoms with Gasteiger partial charge < -0.3 is 14.7 Å². The Morgan fingerprint density at radius 2 is 2.12 bits per heavy atom. The Morgan fingerprint density at radius 3 is 2.62 bits per heavy atom. The highest BCUT2D eigenvalue weighted by Crippen LogP contribution is 2.32. The lowest BCUT2D eigenvalue weighted by molar-refractivity contribution is 0.354. The Labute approximate surface area is 97.0 Å². The molecule has 0 amide bonds. The fourth-order valence-corrected chi connectivity index (χ4v) is 1.63. The zero-order chi connectivity index (χ0) is 12.1. The minimum absolute atomic E-state index is 0.226. The van der Waals surface area contributed by atoms with Gasteiger partial charge in [0.2, 0.25) is 0 Å². The standard InChI is InChI=1S/C13H19NO2/c1-5-6-10-7-11(9-14(2)3)13(15)12(8-10)16-4/h5,7-8,15H,1,6,9H2,2-4H3. The first-order valence-corrected chi connectivity index (χ1v) is 5.22. The van der Waals surface area contributed by atoms with Crippen LogP contribution in [-0.2, 0) is 13.0 Å². The Hall–Kier alpha value is -1.48. The van der Waals surface area contributed by atoms with E-state index in [0.717, 1.165) is 17.5 Å². The van der Waals surface area contributed by atoms with E-state index in [4.69, 9.17) is 4.74 Å². The lowest BCUT2D eigenvalue weighted by Crippen LogP contribution is -2.11. The van der Waals surface area contributed by atoms with E-state index in [-0.39, 0.29) is 5.75 Å². The summed E-state index contributed by atoms with van der Waals surface area (Å²) in [5.74, 6) is 0.750. The van der Waals surface area contributed by atoms with E-state index in [0.29, 0.717) is 12.3 Å². The van der Waals surface area contributed by atoms with Gasteiger partial charge in [0.1, 0.15) is 0 Å². The number of phenols is 1. The van der Waals surface area contributed by atoms with E-state index in [1.54, 1.807) is 7.11 Å². The van der Waals surface area contributed by atoms with E-state index in [1.807, 2.05) is 37.2 Å². The second-order valence-electron chi connectivity index (χ2n) is 4.04. The van der Waals surface area contributed by atoms with Gasteiger partial charge in [-0.05, 0) is 32.1 Å². The Balaban J connectivity index is 3.12. The fraction of sp³-hybridized carbons (Fsp3) is 0.385. The van der Waals surface area contributed by atoms with E-state index in [9.17, 15) is 5.11 Å². The van der Waals surface area contributed by atoms with Crippen LogP contribution >= 0.6 is 0 Å². The quantitative estimate of drug-likeness (QED) is 0.774. The molecule has 16 heavy (non-hydrogen) atoms. The van der Waals surface area contributed by atoms with Gasteiger partial charge in [0.15, 0.2) is 11.5 Å². The Bertz CT molecular complexity index is 372. The molecule has 0 saturated carbocycles. The topological polar surface area (TPSA) is 32.7 Å². The van der Waals surface area contributed by atoms with Gasteiger partial charge in [-0.25, -0.2) is 0 Å². The maximum atomic E-state index is 9.95. The van der Waals surface area contributed by atoms with Crippen molar-refractivity contribution in [2.75, 3.05) is 21.2 Å². The smallest absolute Gasteiger partial charge is 0.162 e. The largest absolute Gasteiger partial charge is 0.504 e. The number of allylic oxidation sites excluding steroid dienone is 1. The predicted molar refractivity (Wildman–Crippen MR) is 66.0 cm³/mol. The van der Waals surface area contributed by atoms with Gasteiger partial charge in [-0.1, -0.05) is 12.1 Å². The minimum atomic E-state index is 0.226. The molecule has 0 heterocycles. The molecule has 0 aliphatic carbocycles. The molecular weight excluding hydrogens is 202 g/mol. The molecule has 3 nitrogen and oxygen atoms in total. The summed E-state index contributed by atoms with van der Waals surface area (Å²) in [4.78, 5) is 2.01. The average molecular weight is 221 g/mol. The molecule has 1 N–H and O–H groups in total. The van der Waals surface area contributed by atoms with Crippen molar-refractivity contribution in [2.24, 2.45) is 0 Å². The molecule has 88 valence electrons. The van der Waals surface area contributed by atoms with Crippen LogP contribution in [0.25, 0.3) is 0 Å². The van der Waals surface area contributed by atoms with Gasteiger partial charge >= 0.3 is 0 Å². The van der Waals surface area contributed by atoms with Gasteiger partial charge in [0, 0.05) is 12.1 Å². The number of benzene rings is 1. The molecule has 0 atom stereocenters. The van der Waals surface area contributed by atoms with E-state index >= 15 is 0 Å². The second kappa shape index (κ2) is 5.56. The average Bonchev–Trinajstić information content (AvgIpc) is 2.22. The van der Waals surface area contributed by atoms with Crippen molar-refractivity contribution < 1.29 is 9.84 Å². The second-order valence-corrected chi connectivity index (χ2v) is 4.04. The normalized spacial score (nSPS) is 10.5. The number of phenolic OH excluding ortho intramolecular Hbond substituents is 1. The van der Waals surface area contributed by atoms with Crippen molar-refractivity contribution in [1.29, 1.82) is 0 Å². The van der Waals surface area contributed by atoms with Gasteiger partial charge in [-0.15, -0.1) is 6.58 Å². The van der Waals surface area contributed by atoms with E-state index < -0.39 is 0 Å². The summed E-state index contributed by atoms with van der Waals surface area (Å²) in [7, 11) is 5.49. The molecule has 1 aromatic rings. The number of hydrogen-bond donors (Lipinski definition) is 1. The molecule has 0 unspecified atom stereocenters. The zero-order valence-corrected chi connectivity index (χ0v) is 10.2. The molecule has 0 aliphatic heterocycles. The third-order valence-corrected chi connectivity index (χ3v) is 2.30. The maximum Gasteiger partial charge on any atom is 0.162 e. The third kappa shape index (κ3) is 3.00. The van der Waals surface area contributed by atoms with Gasteiger partial charge in [0.05, 0.1) is 7.11 Å². The molecule has 0 radical (unpaired) electrons. The zero-order valence-electron chi connectivity index (χ0n) is 10.2. The van der Waals surface area contributed by atoms with Gasteiger partial charge in [-0.2, -0.15) is 0 Å². The summed E-state index contributed by atoms with van der Waals surface area (Å²) < 4.78 is 5.15. The number of rotatable bonds is 5. The Kier molecular flexibility index (Phi) is 4.38. The molecule has 0 fully saturated rings. The van der Waals surface area contributed by atoms with Crippen LogP contribution in [0.5, 0.6) is 11.5 Å².